The Bertz CT molecular complexity index is 1160. The fourth-order valence-electron chi connectivity index (χ4n) is 4.34. The van der Waals surface area contributed by atoms with Crippen LogP contribution < -0.4 is 14.2 Å². The van der Waals surface area contributed by atoms with Crippen LogP contribution in [-0.4, -0.2) is 50.9 Å². The lowest BCUT2D eigenvalue weighted by atomic mass is 10.1. The maximum atomic E-state index is 13.9. The van der Waals surface area contributed by atoms with Crippen molar-refractivity contribution in [1.82, 2.24) is 4.90 Å². The van der Waals surface area contributed by atoms with Crippen LogP contribution in [0.5, 0.6) is 17.2 Å². The lowest BCUT2D eigenvalue weighted by molar-refractivity contribution is 0.0507. The lowest BCUT2D eigenvalue weighted by Crippen LogP contribution is -2.37. The Morgan fingerprint density at radius 1 is 1.03 bits per heavy atom. The topological polar surface area (TPSA) is 57.2 Å². The van der Waals surface area contributed by atoms with Crippen molar-refractivity contribution in [3.05, 3.63) is 89.2 Å². The number of nitrogens with zero attached hydrogens (tertiary/aromatic N) is 1. The minimum Gasteiger partial charge on any atom is -0.493 e. The molecule has 36 heavy (non-hydrogen) atoms. The van der Waals surface area contributed by atoms with Crippen molar-refractivity contribution in [2.24, 2.45) is 0 Å². The van der Waals surface area contributed by atoms with Gasteiger partial charge in [0.1, 0.15) is 11.6 Å². The first-order valence-electron chi connectivity index (χ1n) is 12.2. The molecule has 0 radical (unpaired) electrons. The summed E-state index contributed by atoms with van der Waals surface area (Å²) in [6.07, 6.45) is 2.40. The van der Waals surface area contributed by atoms with Crippen LogP contribution in [0.4, 0.5) is 4.39 Å². The third-order valence-corrected chi connectivity index (χ3v) is 6.24. The number of carbonyl (C=O) groups excluding carboxylic acids is 1. The molecule has 0 aliphatic carbocycles. The van der Waals surface area contributed by atoms with Crippen molar-refractivity contribution in [3.63, 3.8) is 0 Å². The molecule has 1 heterocycles. The minimum absolute atomic E-state index is 0.00861. The normalized spacial score (nSPS) is 14.9. The van der Waals surface area contributed by atoms with Gasteiger partial charge in [-0.05, 0) is 60.4 Å². The molecular weight excluding hydrogens is 461 g/mol. The summed E-state index contributed by atoms with van der Waals surface area (Å²) in [5, 5.41) is 0. The minimum atomic E-state index is -0.228. The Morgan fingerprint density at radius 3 is 2.61 bits per heavy atom. The zero-order valence-corrected chi connectivity index (χ0v) is 20.7. The summed E-state index contributed by atoms with van der Waals surface area (Å²) < 4.78 is 36.3. The summed E-state index contributed by atoms with van der Waals surface area (Å²) in [5.41, 5.74) is 2.07. The quantitative estimate of drug-likeness (QED) is 0.364. The Labute approximate surface area is 211 Å². The summed E-state index contributed by atoms with van der Waals surface area (Å²) in [4.78, 5) is 15.4. The molecular formula is C29H32FNO5. The molecule has 0 bridgehead atoms. The van der Waals surface area contributed by atoms with Gasteiger partial charge in [0.2, 0.25) is 0 Å². The number of halogens is 1. The molecule has 3 aromatic carbocycles. The van der Waals surface area contributed by atoms with Crippen LogP contribution >= 0.6 is 0 Å². The molecule has 0 unspecified atom stereocenters. The Kier molecular flexibility index (Phi) is 8.79. The van der Waals surface area contributed by atoms with Gasteiger partial charge < -0.3 is 23.8 Å². The second-order valence-corrected chi connectivity index (χ2v) is 8.73. The average molecular weight is 494 g/mol. The molecule has 1 saturated heterocycles. The molecule has 0 saturated carbocycles. The van der Waals surface area contributed by atoms with Gasteiger partial charge in [-0.3, -0.25) is 4.79 Å². The smallest absolute Gasteiger partial charge is 0.254 e. The molecule has 1 amide bonds. The van der Waals surface area contributed by atoms with E-state index in [1.54, 1.807) is 49.5 Å². The van der Waals surface area contributed by atoms with Crippen molar-refractivity contribution < 1.29 is 28.1 Å². The van der Waals surface area contributed by atoms with Gasteiger partial charge in [0.15, 0.2) is 11.5 Å². The summed E-state index contributed by atoms with van der Waals surface area (Å²) in [5.74, 6) is 1.41. The molecule has 3 aromatic rings. The largest absolute Gasteiger partial charge is 0.493 e. The SMILES string of the molecule is COc1ccc(C(=O)N(Cc2cccc(OCCc3ccccc3F)c2)C[C@H]2CCCO2)cc1OC. The summed E-state index contributed by atoms with van der Waals surface area (Å²) in [7, 11) is 3.11. The van der Waals surface area contributed by atoms with Gasteiger partial charge in [-0.15, -0.1) is 0 Å². The second kappa shape index (κ2) is 12.4. The molecule has 1 fully saturated rings. The lowest BCUT2D eigenvalue weighted by Gasteiger charge is -2.26. The summed E-state index contributed by atoms with van der Waals surface area (Å²) in [6, 6.07) is 19.5. The molecule has 1 aliphatic heterocycles. The zero-order chi connectivity index (χ0) is 25.3. The molecule has 0 aromatic heterocycles. The molecule has 0 spiro atoms. The Balaban J connectivity index is 1.47. The number of amides is 1. The standard InChI is InChI=1S/C29H32FNO5/c1-33-27-13-12-23(18-28(27)34-2)29(32)31(20-25-10-6-15-35-25)19-21-7-5-9-24(17-21)36-16-14-22-8-3-4-11-26(22)30/h3-5,7-9,11-13,17-18,25H,6,10,14-16,19-20H2,1-2H3/t25-/m1/s1. The Hall–Kier alpha value is -3.58. The van der Waals surface area contributed by atoms with Crippen LogP contribution in [0.3, 0.4) is 0 Å². The van der Waals surface area contributed by atoms with E-state index in [0.29, 0.717) is 61.1 Å². The molecule has 6 nitrogen and oxygen atoms in total. The fraction of sp³-hybridized carbons (Fsp3) is 0.345. The van der Waals surface area contributed by atoms with Crippen LogP contribution in [0.2, 0.25) is 0 Å². The van der Waals surface area contributed by atoms with Gasteiger partial charge in [0.05, 0.1) is 26.9 Å². The average Bonchev–Trinajstić information content (AvgIpc) is 3.42. The molecule has 7 heteroatoms. The van der Waals surface area contributed by atoms with E-state index in [0.717, 1.165) is 18.4 Å². The van der Waals surface area contributed by atoms with Crippen molar-refractivity contribution in [1.29, 1.82) is 0 Å². The van der Waals surface area contributed by atoms with Crippen LogP contribution in [0.15, 0.2) is 66.7 Å². The van der Waals surface area contributed by atoms with E-state index in [9.17, 15) is 9.18 Å². The summed E-state index contributed by atoms with van der Waals surface area (Å²) in [6.45, 7) is 1.96. The number of hydrogen-bond acceptors (Lipinski definition) is 5. The van der Waals surface area contributed by atoms with Crippen molar-refractivity contribution in [2.45, 2.75) is 31.9 Å². The van der Waals surface area contributed by atoms with E-state index in [2.05, 4.69) is 0 Å². The predicted octanol–water partition coefficient (Wildman–Crippen LogP) is 5.29. The van der Waals surface area contributed by atoms with Gasteiger partial charge in [0.25, 0.3) is 5.91 Å². The van der Waals surface area contributed by atoms with E-state index in [1.165, 1.54) is 6.07 Å². The highest BCUT2D eigenvalue weighted by atomic mass is 19.1. The maximum absolute atomic E-state index is 13.9. The van der Waals surface area contributed by atoms with Crippen LogP contribution in [-0.2, 0) is 17.7 Å². The Morgan fingerprint density at radius 2 is 1.86 bits per heavy atom. The molecule has 1 aliphatic rings. The number of rotatable bonds is 11. The second-order valence-electron chi connectivity index (χ2n) is 8.73. The van der Waals surface area contributed by atoms with Gasteiger partial charge in [-0.25, -0.2) is 4.39 Å². The highest BCUT2D eigenvalue weighted by Gasteiger charge is 2.24. The third-order valence-electron chi connectivity index (χ3n) is 6.24. The first kappa shape index (κ1) is 25.5. The molecule has 1 atom stereocenters. The summed E-state index contributed by atoms with van der Waals surface area (Å²) >= 11 is 0. The van der Waals surface area contributed by atoms with Crippen molar-refractivity contribution >= 4 is 5.91 Å². The predicted molar refractivity (Wildman–Crippen MR) is 135 cm³/mol. The van der Waals surface area contributed by atoms with Crippen LogP contribution in [0.1, 0.15) is 34.3 Å². The monoisotopic (exact) mass is 493 g/mol. The number of carbonyl (C=O) groups is 1. The van der Waals surface area contributed by atoms with E-state index in [1.807, 2.05) is 30.3 Å². The highest BCUT2D eigenvalue weighted by Crippen LogP contribution is 2.29. The van der Waals surface area contributed by atoms with Crippen LogP contribution in [0, 0.1) is 5.82 Å². The zero-order valence-electron chi connectivity index (χ0n) is 20.7. The number of methoxy groups -OCH3 is 2. The number of hydrogen-bond donors (Lipinski definition) is 0. The number of benzene rings is 3. The first-order chi connectivity index (χ1) is 17.6. The van der Waals surface area contributed by atoms with E-state index < -0.39 is 0 Å². The van der Waals surface area contributed by atoms with Gasteiger partial charge >= 0.3 is 0 Å². The van der Waals surface area contributed by atoms with Crippen LogP contribution in [0.25, 0.3) is 0 Å². The van der Waals surface area contributed by atoms with E-state index in [-0.39, 0.29) is 17.8 Å². The van der Waals surface area contributed by atoms with Crippen molar-refractivity contribution in [2.75, 3.05) is 34.0 Å². The maximum Gasteiger partial charge on any atom is 0.254 e. The van der Waals surface area contributed by atoms with Gasteiger partial charge in [0, 0.05) is 31.7 Å². The fourth-order valence-corrected chi connectivity index (χ4v) is 4.34. The van der Waals surface area contributed by atoms with E-state index in [4.69, 9.17) is 18.9 Å². The van der Waals surface area contributed by atoms with Gasteiger partial charge in [-0.2, -0.15) is 0 Å². The first-order valence-corrected chi connectivity index (χ1v) is 12.2. The third kappa shape index (κ3) is 6.55. The van der Waals surface area contributed by atoms with Gasteiger partial charge in [-0.1, -0.05) is 30.3 Å². The molecule has 190 valence electrons. The highest BCUT2D eigenvalue weighted by molar-refractivity contribution is 5.95. The molecule has 4 rings (SSSR count). The van der Waals surface area contributed by atoms with Crippen molar-refractivity contribution in [3.8, 4) is 17.2 Å². The number of ether oxygens (including phenoxy) is 4. The molecule has 0 N–H and O–H groups in total. The van der Waals surface area contributed by atoms with E-state index >= 15 is 0 Å².